The number of ether oxygens (including phenoxy) is 1. The number of halogens is 2. The molecule has 6 nitrogen and oxygen atoms in total. The Kier molecular flexibility index (Phi) is 8.73. The van der Waals surface area contributed by atoms with Gasteiger partial charge in [0.25, 0.3) is 0 Å². The van der Waals surface area contributed by atoms with Gasteiger partial charge in [-0.3, -0.25) is 0 Å². The van der Waals surface area contributed by atoms with Crippen LogP contribution >= 0.6 is 0 Å². The summed E-state index contributed by atoms with van der Waals surface area (Å²) in [5.41, 5.74) is 7.78. The number of nitrogens with two attached hydrogens (primary N) is 1. The molecule has 2 aromatic carbocycles. The summed E-state index contributed by atoms with van der Waals surface area (Å²) < 4.78 is 33.9. The number of aryl methyl sites for hydroxylation is 1. The number of nitriles is 1. The minimum atomic E-state index is -0.863. The normalized spacial score (nSPS) is 9.94. The van der Waals surface area contributed by atoms with Crippen LogP contribution in [-0.2, 0) is 6.42 Å². The van der Waals surface area contributed by atoms with Gasteiger partial charge in [-0.05, 0) is 60.9 Å². The first kappa shape index (κ1) is 23.6. The number of rotatable bonds is 7. The van der Waals surface area contributed by atoms with Crippen LogP contribution < -0.4 is 15.8 Å². The number of hydrogen-bond donors (Lipinski definition) is 3. The van der Waals surface area contributed by atoms with Crippen LogP contribution in [0.5, 0.6) is 11.6 Å². The van der Waals surface area contributed by atoms with E-state index in [0.29, 0.717) is 35.3 Å². The van der Waals surface area contributed by atoms with Crippen molar-refractivity contribution in [2.45, 2.75) is 26.7 Å². The van der Waals surface area contributed by atoms with Gasteiger partial charge in [-0.25, -0.2) is 8.78 Å². The van der Waals surface area contributed by atoms with E-state index >= 15 is 0 Å². The molecule has 0 amide bonds. The fourth-order valence-electron chi connectivity index (χ4n) is 2.62. The highest BCUT2D eigenvalue weighted by Crippen LogP contribution is 2.31. The van der Waals surface area contributed by atoms with E-state index in [2.05, 4.69) is 10.3 Å². The second kappa shape index (κ2) is 11.5. The summed E-state index contributed by atoms with van der Waals surface area (Å²) in [6.45, 7) is 3.94. The number of pyridine rings is 1. The number of nitrogens with one attached hydrogen (secondary N) is 1. The minimum Gasteiger partial charge on any atom is -0.433 e. The molecule has 0 unspecified atom stereocenters. The molecule has 0 aliphatic carbocycles. The van der Waals surface area contributed by atoms with Gasteiger partial charge in [0.05, 0.1) is 17.3 Å². The second-order valence-corrected chi connectivity index (χ2v) is 6.22. The highest BCUT2D eigenvalue weighted by molar-refractivity contribution is 5.69. The quantitative estimate of drug-likeness (QED) is 0.474. The van der Waals surface area contributed by atoms with Gasteiger partial charge in [-0.1, -0.05) is 13.8 Å². The van der Waals surface area contributed by atoms with Crippen molar-refractivity contribution in [1.29, 1.82) is 5.26 Å². The van der Waals surface area contributed by atoms with E-state index in [1.54, 1.807) is 24.3 Å². The van der Waals surface area contributed by atoms with Crippen LogP contribution in [0.1, 0.15) is 31.4 Å². The number of aliphatic hydroxyl groups excluding tert-OH is 1. The Morgan fingerprint density at radius 3 is 2.32 bits per heavy atom. The van der Waals surface area contributed by atoms with E-state index in [1.165, 1.54) is 24.3 Å². The van der Waals surface area contributed by atoms with Crippen LogP contribution in [0.4, 0.5) is 26.0 Å². The maximum Gasteiger partial charge on any atom is 0.221 e. The molecule has 0 aliphatic heterocycles. The molecule has 31 heavy (non-hydrogen) atoms. The largest absolute Gasteiger partial charge is 0.433 e. The molecular formula is C23H24F2N4O2. The number of aliphatic hydroxyl groups is 1. The van der Waals surface area contributed by atoms with Crippen molar-refractivity contribution in [3.63, 3.8) is 0 Å². The summed E-state index contributed by atoms with van der Waals surface area (Å²) in [6.07, 6.45) is 0.756. The number of nitrogens with zero attached hydrogens (tertiary/aromatic N) is 2. The van der Waals surface area contributed by atoms with E-state index < -0.39 is 17.4 Å². The van der Waals surface area contributed by atoms with E-state index in [4.69, 9.17) is 20.8 Å². The fourth-order valence-corrected chi connectivity index (χ4v) is 2.62. The number of aromatic nitrogens is 1. The lowest BCUT2D eigenvalue weighted by atomic mass is 10.1. The molecule has 1 heterocycles. The van der Waals surface area contributed by atoms with E-state index in [9.17, 15) is 8.78 Å². The molecule has 0 atom stereocenters. The molecule has 0 radical (unpaired) electrons. The van der Waals surface area contributed by atoms with Crippen molar-refractivity contribution < 1.29 is 18.6 Å². The van der Waals surface area contributed by atoms with Crippen LogP contribution in [0, 0.1) is 23.0 Å². The molecule has 4 N–H and O–H groups in total. The van der Waals surface area contributed by atoms with Crippen LogP contribution in [0.3, 0.4) is 0 Å². The van der Waals surface area contributed by atoms with Crippen LogP contribution in [-0.4, -0.2) is 16.7 Å². The Morgan fingerprint density at radius 1 is 1.10 bits per heavy atom. The first-order chi connectivity index (χ1) is 15.0. The Balaban J connectivity index is 0.00000166. The molecule has 0 saturated heterocycles. The van der Waals surface area contributed by atoms with Gasteiger partial charge in [0.15, 0.2) is 17.5 Å². The standard InChI is InChI=1S/C21H18F2N4O2.C2H6/c22-16-10-14(2-1-9-28)11-17(23)20(16)29-19-8-7-18(25)21(27-19)26-15-5-3-13(12-24)4-6-15;1-2/h3-8,10-11,28H,1-2,9,25H2,(H,26,27);1-2H3. The first-order valence-corrected chi connectivity index (χ1v) is 9.80. The highest BCUT2D eigenvalue weighted by Gasteiger charge is 2.15. The Hall–Kier alpha value is -3.70. The Morgan fingerprint density at radius 2 is 1.74 bits per heavy atom. The van der Waals surface area contributed by atoms with Gasteiger partial charge in [0.1, 0.15) is 0 Å². The van der Waals surface area contributed by atoms with Gasteiger partial charge in [-0.2, -0.15) is 10.2 Å². The molecule has 0 fully saturated rings. The van der Waals surface area contributed by atoms with Gasteiger partial charge in [0.2, 0.25) is 11.6 Å². The van der Waals surface area contributed by atoms with Crippen molar-refractivity contribution in [1.82, 2.24) is 4.98 Å². The summed E-state index contributed by atoms with van der Waals surface area (Å²) in [5, 5.41) is 20.7. The molecule has 0 bridgehead atoms. The lowest BCUT2D eigenvalue weighted by Gasteiger charge is -2.12. The summed E-state index contributed by atoms with van der Waals surface area (Å²) >= 11 is 0. The van der Waals surface area contributed by atoms with Gasteiger partial charge < -0.3 is 20.9 Å². The second-order valence-electron chi connectivity index (χ2n) is 6.22. The van der Waals surface area contributed by atoms with E-state index in [0.717, 1.165) is 0 Å². The van der Waals surface area contributed by atoms with Gasteiger partial charge in [0, 0.05) is 18.4 Å². The summed E-state index contributed by atoms with van der Waals surface area (Å²) in [4.78, 5) is 4.17. The smallest absolute Gasteiger partial charge is 0.221 e. The third kappa shape index (κ3) is 6.39. The minimum absolute atomic E-state index is 0.0451. The van der Waals surface area contributed by atoms with Crippen LogP contribution in [0.15, 0.2) is 48.5 Å². The van der Waals surface area contributed by atoms with E-state index in [-0.39, 0.29) is 18.3 Å². The van der Waals surface area contributed by atoms with Crippen molar-refractivity contribution in [3.05, 3.63) is 71.3 Å². The summed E-state index contributed by atoms with van der Waals surface area (Å²) in [5.74, 6) is -2.10. The van der Waals surface area contributed by atoms with Gasteiger partial charge >= 0.3 is 0 Å². The Bertz CT molecular complexity index is 1030. The van der Waals surface area contributed by atoms with Crippen LogP contribution in [0.25, 0.3) is 0 Å². The molecule has 0 saturated carbocycles. The van der Waals surface area contributed by atoms with E-state index in [1.807, 2.05) is 19.9 Å². The zero-order valence-electron chi connectivity index (χ0n) is 17.3. The average Bonchev–Trinajstić information content (AvgIpc) is 2.78. The van der Waals surface area contributed by atoms with Crippen molar-refractivity contribution >= 4 is 17.2 Å². The maximum absolute atomic E-state index is 14.3. The van der Waals surface area contributed by atoms with Gasteiger partial charge in [-0.15, -0.1) is 0 Å². The Labute approximate surface area is 179 Å². The summed E-state index contributed by atoms with van der Waals surface area (Å²) in [6, 6.07) is 13.9. The van der Waals surface area contributed by atoms with Crippen molar-refractivity contribution in [2.75, 3.05) is 17.7 Å². The van der Waals surface area contributed by atoms with Crippen LogP contribution in [0.2, 0.25) is 0 Å². The molecule has 1 aromatic heterocycles. The van der Waals surface area contributed by atoms with Crippen molar-refractivity contribution in [2.24, 2.45) is 0 Å². The topological polar surface area (TPSA) is 104 Å². The molecule has 3 rings (SSSR count). The lowest BCUT2D eigenvalue weighted by molar-refractivity contribution is 0.288. The number of nitrogen functional groups attached to an aromatic ring is 1. The molecule has 0 aliphatic rings. The maximum atomic E-state index is 14.3. The predicted molar refractivity (Wildman–Crippen MR) is 116 cm³/mol. The average molecular weight is 426 g/mol. The molecule has 0 spiro atoms. The monoisotopic (exact) mass is 426 g/mol. The highest BCUT2D eigenvalue weighted by atomic mass is 19.1. The third-order valence-electron chi connectivity index (χ3n) is 4.07. The predicted octanol–water partition coefficient (Wildman–Crippen LogP) is 5.30. The molecule has 3 aromatic rings. The zero-order chi connectivity index (χ0) is 22.8. The molecule has 8 heteroatoms. The fraction of sp³-hybridized carbons (Fsp3) is 0.217. The summed E-state index contributed by atoms with van der Waals surface area (Å²) in [7, 11) is 0. The van der Waals surface area contributed by atoms with Crippen molar-refractivity contribution in [3.8, 4) is 17.7 Å². The molecular weight excluding hydrogens is 402 g/mol. The SMILES string of the molecule is CC.N#Cc1ccc(Nc2nc(Oc3c(F)cc(CCCO)cc3F)ccc2N)cc1. The number of benzene rings is 2. The molecule has 162 valence electrons. The first-order valence-electron chi connectivity index (χ1n) is 9.80. The number of hydrogen-bond acceptors (Lipinski definition) is 6. The zero-order valence-corrected chi connectivity index (χ0v) is 17.3. The number of anilines is 3. The lowest BCUT2D eigenvalue weighted by Crippen LogP contribution is -2.02. The third-order valence-corrected chi connectivity index (χ3v) is 4.07.